The fraction of sp³-hybridized carbons (Fsp3) is 0.481. The highest BCUT2D eigenvalue weighted by molar-refractivity contribution is 6.01. The molecule has 11 heteroatoms. The van der Waals surface area contributed by atoms with Gasteiger partial charge in [0.05, 0.1) is 5.56 Å². The molecule has 2 aliphatic rings. The SMILES string of the molecule is COC[C@H](C)Cc1cc(NC(=O)N2CCCc3cc(CN4CC[C@H](OC)C4=O)c(C=O)nc32)ncc1C#N. The Kier molecular flexibility index (Phi) is 8.66. The van der Waals surface area contributed by atoms with Crippen molar-refractivity contribution in [3.05, 3.63) is 46.3 Å². The largest absolute Gasteiger partial charge is 0.384 e. The van der Waals surface area contributed by atoms with Crippen LogP contribution < -0.4 is 10.2 Å². The van der Waals surface area contributed by atoms with Gasteiger partial charge in [0.25, 0.3) is 5.91 Å². The van der Waals surface area contributed by atoms with Crippen molar-refractivity contribution < 1.29 is 23.9 Å². The average molecular weight is 521 g/mol. The highest BCUT2D eigenvalue weighted by Crippen LogP contribution is 2.29. The van der Waals surface area contributed by atoms with Gasteiger partial charge in [-0.1, -0.05) is 6.92 Å². The van der Waals surface area contributed by atoms with Crippen LogP contribution in [0.25, 0.3) is 0 Å². The number of ether oxygens (including phenoxy) is 2. The molecule has 1 N–H and O–H groups in total. The molecule has 2 aromatic rings. The minimum absolute atomic E-state index is 0.103. The van der Waals surface area contributed by atoms with E-state index in [4.69, 9.17) is 9.47 Å². The molecule has 200 valence electrons. The molecular formula is C27H32N6O5. The Hall–Kier alpha value is -3.88. The number of hydrogen-bond acceptors (Lipinski definition) is 8. The van der Waals surface area contributed by atoms with Crippen molar-refractivity contribution in [2.24, 2.45) is 5.92 Å². The van der Waals surface area contributed by atoms with Gasteiger partial charge in [0.2, 0.25) is 0 Å². The molecular weight excluding hydrogens is 488 g/mol. The van der Waals surface area contributed by atoms with Crippen LogP contribution in [-0.4, -0.2) is 73.1 Å². The van der Waals surface area contributed by atoms with Gasteiger partial charge in [-0.15, -0.1) is 0 Å². The predicted molar refractivity (Wildman–Crippen MR) is 139 cm³/mol. The highest BCUT2D eigenvalue weighted by atomic mass is 16.5. The van der Waals surface area contributed by atoms with Crippen molar-refractivity contribution in [3.8, 4) is 6.07 Å². The van der Waals surface area contributed by atoms with Crippen LogP contribution >= 0.6 is 0 Å². The van der Waals surface area contributed by atoms with E-state index < -0.39 is 12.1 Å². The smallest absolute Gasteiger partial charge is 0.328 e. The maximum absolute atomic E-state index is 13.3. The summed E-state index contributed by atoms with van der Waals surface area (Å²) in [6.45, 7) is 3.81. The third-order valence-electron chi connectivity index (χ3n) is 6.89. The number of carbonyl (C=O) groups is 3. The summed E-state index contributed by atoms with van der Waals surface area (Å²) in [4.78, 5) is 49.7. The zero-order chi connectivity index (χ0) is 27.2. The molecule has 0 spiro atoms. The number of hydrogen-bond donors (Lipinski definition) is 1. The summed E-state index contributed by atoms with van der Waals surface area (Å²) in [6, 6.07) is 5.31. The third-order valence-corrected chi connectivity index (χ3v) is 6.89. The minimum Gasteiger partial charge on any atom is -0.384 e. The molecule has 0 bridgehead atoms. The summed E-state index contributed by atoms with van der Waals surface area (Å²) >= 11 is 0. The first-order valence-corrected chi connectivity index (χ1v) is 12.6. The Balaban J connectivity index is 1.54. The Morgan fingerprint density at radius 3 is 2.82 bits per heavy atom. The first-order chi connectivity index (χ1) is 18.4. The van der Waals surface area contributed by atoms with E-state index in [1.165, 1.54) is 18.2 Å². The van der Waals surface area contributed by atoms with Crippen molar-refractivity contribution >= 4 is 29.9 Å². The number of rotatable bonds is 9. The van der Waals surface area contributed by atoms with Gasteiger partial charge in [0, 0.05) is 58.6 Å². The normalized spacial score (nSPS) is 17.6. The summed E-state index contributed by atoms with van der Waals surface area (Å²) in [5, 5.41) is 12.3. The lowest BCUT2D eigenvalue weighted by molar-refractivity contribution is -0.136. The molecule has 4 rings (SSSR count). The Morgan fingerprint density at radius 2 is 2.13 bits per heavy atom. The van der Waals surface area contributed by atoms with Gasteiger partial charge in [-0.2, -0.15) is 5.26 Å². The van der Waals surface area contributed by atoms with Crippen LogP contribution in [-0.2, 0) is 33.7 Å². The van der Waals surface area contributed by atoms with Gasteiger partial charge < -0.3 is 14.4 Å². The molecule has 1 fully saturated rings. The van der Waals surface area contributed by atoms with Gasteiger partial charge in [0.1, 0.15) is 29.5 Å². The van der Waals surface area contributed by atoms with E-state index in [1.54, 1.807) is 18.1 Å². The van der Waals surface area contributed by atoms with Gasteiger partial charge >= 0.3 is 6.03 Å². The second kappa shape index (κ2) is 12.1. The molecule has 0 unspecified atom stereocenters. The average Bonchev–Trinajstić information content (AvgIpc) is 3.26. The summed E-state index contributed by atoms with van der Waals surface area (Å²) in [5.41, 5.74) is 2.91. The van der Waals surface area contributed by atoms with Crippen LogP contribution in [0.3, 0.4) is 0 Å². The van der Waals surface area contributed by atoms with E-state index in [2.05, 4.69) is 21.4 Å². The van der Waals surface area contributed by atoms with Crippen LogP contribution in [0.5, 0.6) is 0 Å². The summed E-state index contributed by atoms with van der Waals surface area (Å²) in [7, 11) is 3.14. The van der Waals surface area contributed by atoms with Crippen LogP contribution in [0, 0.1) is 17.2 Å². The second-order valence-corrected chi connectivity index (χ2v) is 9.69. The number of pyridine rings is 2. The van der Waals surface area contributed by atoms with Crippen molar-refractivity contribution in [1.29, 1.82) is 5.26 Å². The van der Waals surface area contributed by atoms with Gasteiger partial charge in [-0.05, 0) is 48.4 Å². The second-order valence-electron chi connectivity index (χ2n) is 9.69. The number of urea groups is 1. The molecule has 0 aliphatic carbocycles. The Morgan fingerprint density at radius 1 is 1.32 bits per heavy atom. The van der Waals surface area contributed by atoms with E-state index in [-0.39, 0.29) is 24.1 Å². The number of likely N-dealkylation sites (tertiary alicyclic amines) is 1. The molecule has 3 amide bonds. The maximum atomic E-state index is 13.3. The van der Waals surface area contributed by atoms with E-state index in [1.807, 2.05) is 13.0 Å². The number of amides is 3. The molecule has 2 aliphatic heterocycles. The molecule has 0 aromatic carbocycles. The molecule has 11 nitrogen and oxygen atoms in total. The lowest BCUT2D eigenvalue weighted by atomic mass is 9.99. The van der Waals surface area contributed by atoms with Crippen LogP contribution in [0.15, 0.2) is 18.3 Å². The molecule has 0 radical (unpaired) electrons. The van der Waals surface area contributed by atoms with Crippen molar-refractivity contribution in [1.82, 2.24) is 14.9 Å². The number of anilines is 2. The molecule has 2 atom stereocenters. The Bertz CT molecular complexity index is 1260. The number of nitriles is 1. The van der Waals surface area contributed by atoms with E-state index >= 15 is 0 Å². The Labute approximate surface area is 221 Å². The molecule has 4 heterocycles. The topological polar surface area (TPSA) is 138 Å². The zero-order valence-corrected chi connectivity index (χ0v) is 21.9. The van der Waals surface area contributed by atoms with Gasteiger partial charge in [-0.25, -0.2) is 14.8 Å². The summed E-state index contributed by atoms with van der Waals surface area (Å²) < 4.78 is 10.4. The van der Waals surface area contributed by atoms with Crippen molar-refractivity contribution in [2.45, 2.75) is 45.3 Å². The molecule has 1 saturated heterocycles. The number of nitrogens with one attached hydrogen (secondary N) is 1. The van der Waals surface area contributed by atoms with Crippen molar-refractivity contribution in [3.63, 3.8) is 0 Å². The number of methoxy groups -OCH3 is 2. The minimum atomic E-state index is -0.459. The van der Waals surface area contributed by atoms with Crippen LogP contribution in [0.4, 0.5) is 16.4 Å². The third kappa shape index (κ3) is 5.82. The number of aldehydes is 1. The standard InChI is InChI=1S/C27H32N6O5/c1-17(16-37-2)9-19-11-24(29-13-21(19)12-28)31-27(36)33-7-4-5-18-10-20(22(15-34)30-25(18)33)14-32-8-6-23(38-3)26(32)35/h10-11,13,15,17,23H,4-9,14,16H2,1-3H3,(H,29,31,36)/t17-,23+/m1/s1. The van der Waals surface area contributed by atoms with E-state index in [0.29, 0.717) is 68.0 Å². The fourth-order valence-corrected chi connectivity index (χ4v) is 5.01. The zero-order valence-electron chi connectivity index (χ0n) is 21.9. The molecule has 2 aromatic heterocycles. The highest BCUT2D eigenvalue weighted by Gasteiger charge is 2.33. The molecule has 0 saturated carbocycles. The number of aryl methyl sites for hydroxylation is 1. The van der Waals surface area contributed by atoms with E-state index in [0.717, 1.165) is 17.5 Å². The summed E-state index contributed by atoms with van der Waals surface area (Å²) in [6.07, 6.45) is 4.28. The number of fused-ring (bicyclic) bond motifs is 1. The first kappa shape index (κ1) is 27.2. The molecule has 38 heavy (non-hydrogen) atoms. The van der Waals surface area contributed by atoms with Crippen LogP contribution in [0.1, 0.15) is 52.5 Å². The number of carbonyl (C=O) groups excluding carboxylic acids is 3. The lowest BCUT2D eigenvalue weighted by Crippen LogP contribution is -2.40. The monoisotopic (exact) mass is 520 g/mol. The quantitative estimate of drug-likeness (QED) is 0.498. The van der Waals surface area contributed by atoms with E-state index in [9.17, 15) is 19.6 Å². The van der Waals surface area contributed by atoms with Crippen molar-refractivity contribution in [2.75, 3.05) is 44.1 Å². The number of aromatic nitrogens is 2. The van der Waals surface area contributed by atoms with Gasteiger partial charge in [0.15, 0.2) is 6.29 Å². The van der Waals surface area contributed by atoms with Crippen LogP contribution in [0.2, 0.25) is 0 Å². The first-order valence-electron chi connectivity index (χ1n) is 12.6. The van der Waals surface area contributed by atoms with Gasteiger partial charge in [-0.3, -0.25) is 19.8 Å². The maximum Gasteiger partial charge on any atom is 0.328 e. The lowest BCUT2D eigenvalue weighted by Gasteiger charge is -2.29. The fourth-order valence-electron chi connectivity index (χ4n) is 5.01. The predicted octanol–water partition coefficient (Wildman–Crippen LogP) is 2.72. The number of nitrogens with zero attached hydrogens (tertiary/aromatic N) is 5. The summed E-state index contributed by atoms with van der Waals surface area (Å²) in [5.74, 6) is 0.829.